The van der Waals surface area contributed by atoms with Crippen molar-refractivity contribution in [3.05, 3.63) is 12.2 Å². The smallest absolute Gasteiger partial charge is 0.332 e. The molecular formula is C12H20O5. The van der Waals surface area contributed by atoms with Crippen LogP contribution in [0.5, 0.6) is 0 Å². The number of aliphatic hydroxyl groups is 1. The molecule has 0 aromatic heterocycles. The number of hydrogen-bond acceptors (Lipinski definition) is 3. The standard InChI is InChI=1S/C12H20O5/c1-3-4-6-12(11(16)17,7-5-8-13)9(2)10(14)15/h13H,2-8H2,1H3,(H,14,15)(H,16,17). The number of aliphatic carboxylic acids is 2. The summed E-state index contributed by atoms with van der Waals surface area (Å²) in [5, 5.41) is 27.0. The SMILES string of the molecule is C=C(C(=O)O)C(CCCC)(CCCO)C(=O)O. The van der Waals surface area contributed by atoms with Crippen molar-refractivity contribution in [3.63, 3.8) is 0 Å². The maximum absolute atomic E-state index is 11.4. The molecule has 17 heavy (non-hydrogen) atoms. The van der Waals surface area contributed by atoms with Crippen molar-refractivity contribution < 1.29 is 24.9 Å². The van der Waals surface area contributed by atoms with Gasteiger partial charge >= 0.3 is 11.9 Å². The van der Waals surface area contributed by atoms with Gasteiger partial charge in [-0.2, -0.15) is 0 Å². The molecule has 1 unspecified atom stereocenters. The second-order valence-corrected chi connectivity index (χ2v) is 4.10. The average Bonchev–Trinajstić information content (AvgIpc) is 2.28. The van der Waals surface area contributed by atoms with Crippen LogP contribution in [0.3, 0.4) is 0 Å². The molecule has 5 nitrogen and oxygen atoms in total. The van der Waals surface area contributed by atoms with Crippen molar-refractivity contribution >= 4 is 11.9 Å². The lowest BCUT2D eigenvalue weighted by molar-refractivity contribution is -0.151. The molecule has 0 aromatic carbocycles. The number of rotatable bonds is 9. The Morgan fingerprint density at radius 2 is 1.71 bits per heavy atom. The van der Waals surface area contributed by atoms with Gasteiger partial charge in [-0.1, -0.05) is 26.3 Å². The van der Waals surface area contributed by atoms with Crippen LogP contribution < -0.4 is 0 Å². The summed E-state index contributed by atoms with van der Waals surface area (Å²) < 4.78 is 0. The van der Waals surface area contributed by atoms with Crippen LogP contribution in [0.4, 0.5) is 0 Å². The largest absolute Gasteiger partial charge is 0.481 e. The minimum Gasteiger partial charge on any atom is -0.481 e. The van der Waals surface area contributed by atoms with Gasteiger partial charge in [-0.05, 0) is 19.3 Å². The Morgan fingerprint density at radius 3 is 2.06 bits per heavy atom. The summed E-state index contributed by atoms with van der Waals surface area (Å²) >= 11 is 0. The van der Waals surface area contributed by atoms with E-state index in [4.69, 9.17) is 10.2 Å². The first-order chi connectivity index (χ1) is 7.92. The zero-order valence-corrected chi connectivity index (χ0v) is 10.1. The highest BCUT2D eigenvalue weighted by molar-refractivity contribution is 5.95. The van der Waals surface area contributed by atoms with Crippen LogP contribution in [0, 0.1) is 5.41 Å². The molecule has 3 N–H and O–H groups in total. The first-order valence-corrected chi connectivity index (χ1v) is 5.69. The molecule has 98 valence electrons. The van der Waals surface area contributed by atoms with E-state index < -0.39 is 17.4 Å². The number of unbranched alkanes of at least 4 members (excludes halogenated alkanes) is 1. The molecule has 0 saturated heterocycles. The number of aliphatic hydroxyl groups excluding tert-OH is 1. The molecule has 5 heteroatoms. The quantitative estimate of drug-likeness (QED) is 0.536. The predicted octanol–water partition coefficient (Wildman–Crippen LogP) is 1.66. The molecule has 0 rings (SSSR count). The van der Waals surface area contributed by atoms with Crippen molar-refractivity contribution in [2.24, 2.45) is 5.41 Å². The third kappa shape index (κ3) is 3.85. The van der Waals surface area contributed by atoms with E-state index in [1.54, 1.807) is 0 Å². The summed E-state index contributed by atoms with van der Waals surface area (Å²) in [5.74, 6) is -2.46. The highest BCUT2D eigenvalue weighted by Crippen LogP contribution is 2.38. The Labute approximate surface area is 101 Å². The van der Waals surface area contributed by atoms with E-state index >= 15 is 0 Å². The van der Waals surface area contributed by atoms with Gasteiger partial charge in [-0.25, -0.2) is 4.79 Å². The highest BCUT2D eigenvalue weighted by Gasteiger charge is 2.43. The number of hydrogen-bond donors (Lipinski definition) is 3. The minimum atomic E-state index is -1.45. The Hall–Kier alpha value is -1.36. The predicted molar refractivity (Wildman–Crippen MR) is 62.7 cm³/mol. The van der Waals surface area contributed by atoms with Crippen LogP contribution in [0.2, 0.25) is 0 Å². The third-order valence-electron chi connectivity index (χ3n) is 2.96. The molecule has 0 aromatic rings. The summed E-state index contributed by atoms with van der Waals surface area (Å²) in [6.07, 6.45) is 1.99. The number of carboxylic acids is 2. The first kappa shape index (κ1) is 15.6. The first-order valence-electron chi connectivity index (χ1n) is 5.69. The molecule has 0 saturated carbocycles. The summed E-state index contributed by atoms with van der Waals surface area (Å²) in [7, 11) is 0. The van der Waals surface area contributed by atoms with Crippen LogP contribution in [0.25, 0.3) is 0 Å². The Bertz CT molecular complexity index is 287. The lowest BCUT2D eigenvalue weighted by Crippen LogP contribution is -2.36. The Balaban J connectivity index is 5.15. The molecule has 0 spiro atoms. The molecule has 0 bridgehead atoms. The third-order valence-corrected chi connectivity index (χ3v) is 2.96. The second-order valence-electron chi connectivity index (χ2n) is 4.10. The van der Waals surface area contributed by atoms with Crippen molar-refractivity contribution in [1.29, 1.82) is 0 Å². The fourth-order valence-corrected chi connectivity index (χ4v) is 1.83. The summed E-state index contributed by atoms with van der Waals surface area (Å²) in [5.41, 5.74) is -1.75. The van der Waals surface area contributed by atoms with E-state index in [1.807, 2.05) is 6.92 Å². The van der Waals surface area contributed by atoms with Gasteiger partial charge < -0.3 is 15.3 Å². The van der Waals surface area contributed by atoms with Gasteiger partial charge in [0.2, 0.25) is 0 Å². The fraction of sp³-hybridized carbons (Fsp3) is 0.667. The summed E-state index contributed by atoms with van der Waals surface area (Å²) in [4.78, 5) is 22.3. The summed E-state index contributed by atoms with van der Waals surface area (Å²) in [6, 6.07) is 0. The van der Waals surface area contributed by atoms with E-state index in [0.717, 1.165) is 6.42 Å². The van der Waals surface area contributed by atoms with E-state index in [2.05, 4.69) is 6.58 Å². The molecule has 1 atom stereocenters. The van der Waals surface area contributed by atoms with E-state index in [9.17, 15) is 14.7 Å². The fourth-order valence-electron chi connectivity index (χ4n) is 1.83. The maximum Gasteiger partial charge on any atom is 0.332 e. The zero-order chi connectivity index (χ0) is 13.5. The molecule has 0 fully saturated rings. The van der Waals surface area contributed by atoms with Gasteiger partial charge in [-0.3, -0.25) is 4.79 Å². The van der Waals surface area contributed by atoms with Crippen molar-refractivity contribution in [2.45, 2.75) is 39.0 Å². The second kappa shape index (κ2) is 7.06. The molecule has 0 amide bonds. The molecule has 0 aliphatic heterocycles. The Morgan fingerprint density at radius 1 is 1.18 bits per heavy atom. The number of carboxylic acid groups (broad SMARTS) is 2. The van der Waals surface area contributed by atoms with Crippen LogP contribution in [0.1, 0.15) is 39.0 Å². The monoisotopic (exact) mass is 244 g/mol. The topological polar surface area (TPSA) is 94.8 Å². The van der Waals surface area contributed by atoms with Crippen molar-refractivity contribution in [1.82, 2.24) is 0 Å². The van der Waals surface area contributed by atoms with Crippen molar-refractivity contribution in [2.75, 3.05) is 6.61 Å². The number of carbonyl (C=O) groups is 2. The molecule has 0 heterocycles. The van der Waals surface area contributed by atoms with E-state index in [-0.39, 0.29) is 31.4 Å². The average molecular weight is 244 g/mol. The Kier molecular flexibility index (Phi) is 6.50. The van der Waals surface area contributed by atoms with Gasteiger partial charge in [0, 0.05) is 12.2 Å². The molecular weight excluding hydrogens is 224 g/mol. The highest BCUT2D eigenvalue weighted by atomic mass is 16.4. The molecule has 0 aliphatic rings. The lowest BCUT2D eigenvalue weighted by atomic mass is 9.73. The van der Waals surface area contributed by atoms with Crippen LogP contribution in [0.15, 0.2) is 12.2 Å². The van der Waals surface area contributed by atoms with Gasteiger partial charge in [0.05, 0.1) is 5.41 Å². The van der Waals surface area contributed by atoms with Crippen LogP contribution in [-0.2, 0) is 9.59 Å². The zero-order valence-electron chi connectivity index (χ0n) is 10.1. The van der Waals surface area contributed by atoms with Gasteiger partial charge in [0.1, 0.15) is 0 Å². The summed E-state index contributed by atoms with van der Waals surface area (Å²) in [6.45, 7) is 5.14. The minimum absolute atomic E-state index is 0.101. The van der Waals surface area contributed by atoms with Gasteiger partial charge in [-0.15, -0.1) is 0 Å². The van der Waals surface area contributed by atoms with Crippen LogP contribution in [-0.4, -0.2) is 33.9 Å². The van der Waals surface area contributed by atoms with Crippen molar-refractivity contribution in [3.8, 4) is 0 Å². The van der Waals surface area contributed by atoms with E-state index in [0.29, 0.717) is 6.42 Å². The molecule has 0 aliphatic carbocycles. The van der Waals surface area contributed by atoms with E-state index in [1.165, 1.54) is 0 Å². The normalized spacial score (nSPS) is 14.0. The van der Waals surface area contributed by atoms with Gasteiger partial charge in [0.25, 0.3) is 0 Å². The van der Waals surface area contributed by atoms with Gasteiger partial charge in [0.15, 0.2) is 0 Å². The molecule has 0 radical (unpaired) electrons. The maximum atomic E-state index is 11.4. The lowest BCUT2D eigenvalue weighted by Gasteiger charge is -2.29. The van der Waals surface area contributed by atoms with Crippen LogP contribution >= 0.6 is 0 Å².